The minimum absolute atomic E-state index is 0.0305. The highest BCUT2D eigenvalue weighted by atomic mass is 32.2. The Hall–Kier alpha value is -2.05. The van der Waals surface area contributed by atoms with Gasteiger partial charge in [-0.2, -0.15) is 0 Å². The number of carbonyl (C=O) groups is 2. The van der Waals surface area contributed by atoms with Crippen LogP contribution in [-0.2, 0) is 19.6 Å². The number of hydrogen-bond acceptors (Lipinski definition) is 7. The molecule has 0 bridgehead atoms. The fraction of sp³-hybridized carbons (Fsp3) is 0.833. The number of aromatic nitrogens is 3. The second-order valence-corrected chi connectivity index (χ2v) is 14.9. The van der Waals surface area contributed by atoms with Crippen molar-refractivity contribution in [2.45, 2.75) is 108 Å². The fourth-order valence-corrected chi connectivity index (χ4v) is 6.81. The molecule has 2 heterocycles. The van der Waals surface area contributed by atoms with E-state index < -0.39 is 49.8 Å². The van der Waals surface area contributed by atoms with Gasteiger partial charge >= 0.3 is 0 Å². The highest BCUT2D eigenvalue weighted by Crippen LogP contribution is 2.43. The van der Waals surface area contributed by atoms with Crippen molar-refractivity contribution in [3.63, 3.8) is 0 Å². The van der Waals surface area contributed by atoms with Gasteiger partial charge in [-0.15, -0.1) is 5.10 Å². The summed E-state index contributed by atoms with van der Waals surface area (Å²) in [5.74, 6) is -0.378. The quantitative estimate of drug-likeness (QED) is 0.461. The van der Waals surface area contributed by atoms with Gasteiger partial charge in [0, 0.05) is 37.2 Å². The van der Waals surface area contributed by atoms with Gasteiger partial charge in [-0.05, 0) is 51.9 Å². The lowest BCUT2D eigenvalue weighted by molar-refractivity contribution is -0.144. The predicted octanol–water partition coefficient (Wildman–Crippen LogP) is 1.07. The Labute approximate surface area is 213 Å². The van der Waals surface area contributed by atoms with Crippen LogP contribution in [0.4, 0.5) is 0 Å². The first-order valence-corrected chi connectivity index (χ1v) is 14.2. The Bertz CT molecular complexity index is 1110. The summed E-state index contributed by atoms with van der Waals surface area (Å²) in [5.41, 5.74) is -0.280. The van der Waals surface area contributed by atoms with Crippen LogP contribution in [-0.4, -0.2) is 80.8 Å². The van der Waals surface area contributed by atoms with Crippen LogP contribution in [0.15, 0.2) is 6.20 Å². The van der Waals surface area contributed by atoms with Gasteiger partial charge in [0.25, 0.3) is 0 Å². The van der Waals surface area contributed by atoms with Crippen LogP contribution >= 0.6 is 0 Å². The van der Waals surface area contributed by atoms with Gasteiger partial charge in [0.15, 0.2) is 0 Å². The molecule has 2 saturated carbocycles. The Morgan fingerprint density at radius 2 is 1.83 bits per heavy atom. The third-order valence-corrected chi connectivity index (χ3v) is 9.68. The molecule has 0 radical (unpaired) electrons. The number of aliphatic hydroxyl groups excluding tert-OH is 1. The van der Waals surface area contributed by atoms with Gasteiger partial charge in [-0.25, -0.2) is 17.8 Å². The van der Waals surface area contributed by atoms with Gasteiger partial charge in [-0.3, -0.25) is 9.59 Å². The number of rotatable bonds is 8. The van der Waals surface area contributed by atoms with Crippen molar-refractivity contribution in [1.82, 2.24) is 29.9 Å². The topological polar surface area (TPSA) is 147 Å². The second kappa shape index (κ2) is 9.05. The summed E-state index contributed by atoms with van der Waals surface area (Å²) in [4.78, 5) is 28.5. The van der Waals surface area contributed by atoms with Gasteiger partial charge in [-0.1, -0.05) is 26.0 Å². The van der Waals surface area contributed by atoms with Crippen molar-refractivity contribution in [2.75, 3.05) is 13.1 Å². The zero-order chi connectivity index (χ0) is 26.7. The molecule has 12 heteroatoms. The fourth-order valence-electron chi connectivity index (χ4n) is 4.88. The van der Waals surface area contributed by atoms with Crippen LogP contribution in [0.3, 0.4) is 0 Å². The lowest BCUT2D eigenvalue weighted by Crippen LogP contribution is -2.54. The van der Waals surface area contributed by atoms with E-state index in [4.69, 9.17) is 0 Å². The van der Waals surface area contributed by atoms with E-state index in [-0.39, 0.29) is 25.4 Å². The lowest BCUT2D eigenvalue weighted by Gasteiger charge is -2.34. The molecule has 1 aromatic rings. The van der Waals surface area contributed by atoms with Crippen LogP contribution in [0.1, 0.15) is 91.3 Å². The molecule has 2 aliphatic carbocycles. The summed E-state index contributed by atoms with van der Waals surface area (Å²) >= 11 is 0. The number of carbonyl (C=O) groups excluding carboxylic acids is 2. The van der Waals surface area contributed by atoms with Gasteiger partial charge in [0.2, 0.25) is 21.8 Å². The molecule has 3 fully saturated rings. The van der Waals surface area contributed by atoms with E-state index >= 15 is 0 Å². The van der Waals surface area contributed by atoms with Crippen LogP contribution < -0.4 is 10.0 Å². The third-order valence-electron chi connectivity index (χ3n) is 7.11. The number of amides is 2. The van der Waals surface area contributed by atoms with E-state index in [0.29, 0.717) is 18.8 Å². The van der Waals surface area contributed by atoms with Crippen LogP contribution in [0.25, 0.3) is 0 Å². The minimum Gasteiger partial charge on any atom is -0.391 e. The largest absolute Gasteiger partial charge is 0.391 e. The Morgan fingerprint density at radius 3 is 2.36 bits per heavy atom. The molecule has 4 rings (SSSR count). The Morgan fingerprint density at radius 1 is 1.19 bits per heavy atom. The number of nitrogens with zero attached hydrogens (tertiary/aromatic N) is 4. The molecule has 1 aromatic heterocycles. The number of sulfonamides is 1. The van der Waals surface area contributed by atoms with E-state index in [9.17, 15) is 23.1 Å². The van der Waals surface area contributed by atoms with Crippen LogP contribution in [0.2, 0.25) is 0 Å². The molecule has 3 aliphatic rings. The number of nitrogens with one attached hydrogen (secondary N) is 2. The van der Waals surface area contributed by atoms with E-state index in [0.717, 1.165) is 18.5 Å². The molecule has 2 amide bonds. The van der Waals surface area contributed by atoms with Crippen molar-refractivity contribution in [1.29, 1.82) is 0 Å². The summed E-state index contributed by atoms with van der Waals surface area (Å²) in [5, 5.41) is 21.7. The van der Waals surface area contributed by atoms with Crippen LogP contribution in [0, 0.1) is 5.41 Å². The summed E-state index contributed by atoms with van der Waals surface area (Å²) in [7, 11) is -3.65. The summed E-state index contributed by atoms with van der Waals surface area (Å²) in [6.07, 6.45) is 4.11. The molecule has 11 nitrogen and oxygen atoms in total. The maximum Gasteiger partial charge on any atom is 0.248 e. The molecule has 0 unspecified atom stereocenters. The highest BCUT2D eigenvalue weighted by molar-refractivity contribution is 7.91. The summed E-state index contributed by atoms with van der Waals surface area (Å²) in [6.45, 7) is 11.1. The number of β-amino-alcohol motifs (C(OH)–C–C–N with tert-alkyl or cyclic N) is 1. The highest BCUT2D eigenvalue weighted by Gasteiger charge is 2.56. The third kappa shape index (κ3) is 5.60. The van der Waals surface area contributed by atoms with E-state index in [2.05, 4.69) is 20.4 Å². The van der Waals surface area contributed by atoms with Crippen LogP contribution in [0.5, 0.6) is 0 Å². The van der Waals surface area contributed by atoms with Crippen molar-refractivity contribution >= 4 is 21.8 Å². The van der Waals surface area contributed by atoms with Crippen molar-refractivity contribution in [2.24, 2.45) is 5.41 Å². The average molecular weight is 525 g/mol. The molecule has 202 valence electrons. The normalized spacial score (nSPS) is 25.0. The molecule has 0 aromatic carbocycles. The smallest absolute Gasteiger partial charge is 0.248 e. The van der Waals surface area contributed by atoms with E-state index in [1.807, 2.05) is 27.0 Å². The maximum absolute atomic E-state index is 13.8. The molecule has 3 N–H and O–H groups in total. The van der Waals surface area contributed by atoms with Crippen molar-refractivity contribution in [3.8, 4) is 0 Å². The standard InChI is InChI=1S/C24H40N6O5S/c1-22(2,3)19(30-13-17(26-28-30)15-7-8-15)21(33)29-12-16(31)11-18(29)20(32)25-14-24(9-10-24)36(34,35)27-23(4,5)6/h13,15-16,18-19,27,31H,7-12,14H2,1-6H3,(H,25,32)/t16-,18+,19-/m1/s1. The summed E-state index contributed by atoms with van der Waals surface area (Å²) < 4.78 is 29.1. The molecule has 1 aliphatic heterocycles. The zero-order valence-corrected chi connectivity index (χ0v) is 22.9. The lowest BCUT2D eigenvalue weighted by atomic mass is 9.85. The number of hydrogen-bond donors (Lipinski definition) is 3. The SMILES string of the molecule is CC(C)(C)NS(=O)(=O)C1(CNC(=O)[C@@H]2C[C@@H](O)CN2C(=O)[C@@H](n2cc(C3CC3)nn2)C(C)(C)C)CC1. The number of aliphatic hydroxyl groups is 1. The molecular formula is C24H40N6O5S. The first-order chi connectivity index (χ1) is 16.5. The van der Waals surface area contributed by atoms with E-state index in [1.54, 1.807) is 25.5 Å². The molecule has 0 spiro atoms. The number of likely N-dealkylation sites (tertiary alicyclic amines) is 1. The zero-order valence-electron chi connectivity index (χ0n) is 22.1. The van der Waals surface area contributed by atoms with E-state index in [1.165, 1.54) is 4.90 Å². The van der Waals surface area contributed by atoms with Gasteiger partial charge in [0.05, 0.1) is 11.8 Å². The van der Waals surface area contributed by atoms with Gasteiger partial charge < -0.3 is 15.3 Å². The van der Waals surface area contributed by atoms with Crippen molar-refractivity contribution in [3.05, 3.63) is 11.9 Å². The summed E-state index contributed by atoms with van der Waals surface area (Å²) in [6, 6.07) is -1.60. The molecule has 1 saturated heterocycles. The molecular weight excluding hydrogens is 484 g/mol. The molecule has 3 atom stereocenters. The predicted molar refractivity (Wildman–Crippen MR) is 133 cm³/mol. The Balaban J connectivity index is 1.49. The average Bonchev–Trinajstić information content (AvgIpc) is 3.64. The second-order valence-electron chi connectivity index (χ2n) is 12.8. The van der Waals surface area contributed by atoms with Gasteiger partial charge in [0.1, 0.15) is 16.8 Å². The Kier molecular flexibility index (Phi) is 6.79. The molecule has 36 heavy (non-hydrogen) atoms. The van der Waals surface area contributed by atoms with Crippen molar-refractivity contribution < 1.29 is 23.1 Å². The first-order valence-electron chi connectivity index (χ1n) is 12.7. The monoisotopic (exact) mass is 524 g/mol. The first kappa shape index (κ1) is 27.0. The maximum atomic E-state index is 13.8. The minimum atomic E-state index is -3.65.